The third kappa shape index (κ3) is 3.77. The molecule has 1 fully saturated rings. The first-order valence-electron chi connectivity index (χ1n) is 6.43. The molecule has 0 spiro atoms. The fourth-order valence-corrected chi connectivity index (χ4v) is 2.63. The molecule has 1 atom stereocenters. The van der Waals surface area contributed by atoms with E-state index >= 15 is 0 Å². The summed E-state index contributed by atoms with van der Waals surface area (Å²) in [6.07, 6.45) is 2.20. The molecule has 2 rings (SSSR count). The van der Waals surface area contributed by atoms with Crippen molar-refractivity contribution in [2.24, 2.45) is 5.92 Å². The predicted molar refractivity (Wildman–Crippen MR) is 74.1 cm³/mol. The summed E-state index contributed by atoms with van der Waals surface area (Å²) < 4.78 is 20.0. The lowest BCUT2D eigenvalue weighted by Gasteiger charge is -2.24. The minimum atomic E-state index is -0.148. The third-order valence-electron chi connectivity index (χ3n) is 3.48. The Balaban J connectivity index is 1.90. The summed E-state index contributed by atoms with van der Waals surface area (Å²) in [6, 6.07) is 5.11. The minimum Gasteiger partial charge on any atom is -0.381 e. The van der Waals surface area contributed by atoms with Crippen LogP contribution in [0.5, 0.6) is 0 Å². The first-order valence-corrected chi connectivity index (χ1v) is 7.22. The van der Waals surface area contributed by atoms with Gasteiger partial charge >= 0.3 is 0 Å². The first-order chi connectivity index (χ1) is 8.66. The van der Waals surface area contributed by atoms with Crippen molar-refractivity contribution in [3.05, 3.63) is 34.1 Å². The average Bonchev–Trinajstić information content (AvgIpc) is 2.40. The van der Waals surface area contributed by atoms with Gasteiger partial charge in [-0.3, -0.25) is 0 Å². The summed E-state index contributed by atoms with van der Waals surface area (Å²) in [7, 11) is 0. The second-order valence-electron chi connectivity index (χ2n) is 4.85. The van der Waals surface area contributed by atoms with Gasteiger partial charge in [0.1, 0.15) is 5.82 Å². The van der Waals surface area contributed by atoms with E-state index in [1.54, 1.807) is 6.07 Å². The van der Waals surface area contributed by atoms with Gasteiger partial charge in [0.05, 0.1) is 0 Å². The van der Waals surface area contributed by atoms with E-state index in [2.05, 4.69) is 21.2 Å². The van der Waals surface area contributed by atoms with E-state index in [0.717, 1.165) is 42.6 Å². The van der Waals surface area contributed by atoms with Crippen LogP contribution in [-0.2, 0) is 4.74 Å². The maximum atomic E-state index is 13.7. The van der Waals surface area contributed by atoms with Gasteiger partial charge in [0.25, 0.3) is 0 Å². The lowest BCUT2D eigenvalue weighted by molar-refractivity contribution is 0.0656. The molecule has 0 amide bonds. The van der Waals surface area contributed by atoms with Gasteiger partial charge in [-0.2, -0.15) is 0 Å². The van der Waals surface area contributed by atoms with Gasteiger partial charge < -0.3 is 10.1 Å². The van der Waals surface area contributed by atoms with Crippen LogP contribution < -0.4 is 5.32 Å². The van der Waals surface area contributed by atoms with Gasteiger partial charge in [-0.15, -0.1) is 0 Å². The van der Waals surface area contributed by atoms with Crippen molar-refractivity contribution in [3.8, 4) is 0 Å². The number of hydrogen-bond acceptors (Lipinski definition) is 2. The second-order valence-corrected chi connectivity index (χ2v) is 5.77. The maximum absolute atomic E-state index is 13.7. The van der Waals surface area contributed by atoms with E-state index in [0.29, 0.717) is 5.92 Å². The van der Waals surface area contributed by atoms with Gasteiger partial charge in [-0.1, -0.05) is 15.9 Å². The smallest absolute Gasteiger partial charge is 0.128 e. The highest BCUT2D eigenvalue weighted by Gasteiger charge is 2.16. The van der Waals surface area contributed by atoms with Crippen LogP contribution in [0.25, 0.3) is 0 Å². The molecule has 1 aromatic rings. The van der Waals surface area contributed by atoms with E-state index in [-0.39, 0.29) is 11.9 Å². The first kappa shape index (κ1) is 14.0. The largest absolute Gasteiger partial charge is 0.381 e. The minimum absolute atomic E-state index is 0.0327. The third-order valence-corrected chi connectivity index (χ3v) is 3.97. The van der Waals surface area contributed by atoms with Crippen LogP contribution in [0.2, 0.25) is 0 Å². The van der Waals surface area contributed by atoms with Crippen LogP contribution in [-0.4, -0.2) is 19.8 Å². The van der Waals surface area contributed by atoms with Crippen molar-refractivity contribution in [1.82, 2.24) is 5.32 Å². The van der Waals surface area contributed by atoms with E-state index in [4.69, 9.17) is 4.74 Å². The zero-order chi connectivity index (χ0) is 13.0. The molecule has 4 heteroatoms. The topological polar surface area (TPSA) is 21.3 Å². The highest BCUT2D eigenvalue weighted by molar-refractivity contribution is 9.10. The molecule has 0 radical (unpaired) electrons. The Labute approximate surface area is 116 Å². The number of benzene rings is 1. The highest BCUT2D eigenvalue weighted by atomic mass is 79.9. The van der Waals surface area contributed by atoms with Crippen molar-refractivity contribution in [1.29, 1.82) is 0 Å². The Hall–Kier alpha value is -0.450. The van der Waals surface area contributed by atoms with Gasteiger partial charge in [-0.25, -0.2) is 4.39 Å². The normalized spacial score (nSPS) is 18.8. The summed E-state index contributed by atoms with van der Waals surface area (Å²) in [5.41, 5.74) is 0.719. The van der Waals surface area contributed by atoms with Crippen LogP contribution in [0.1, 0.15) is 31.4 Å². The Morgan fingerprint density at radius 2 is 2.17 bits per heavy atom. The summed E-state index contributed by atoms with van der Waals surface area (Å²) in [5.74, 6) is 0.501. The van der Waals surface area contributed by atoms with Crippen LogP contribution >= 0.6 is 15.9 Å². The summed E-state index contributed by atoms with van der Waals surface area (Å²) in [5, 5.41) is 3.42. The number of nitrogens with one attached hydrogen (secondary N) is 1. The molecule has 100 valence electrons. The molecule has 0 bridgehead atoms. The summed E-state index contributed by atoms with van der Waals surface area (Å²) >= 11 is 3.38. The van der Waals surface area contributed by atoms with Crippen LogP contribution in [0.15, 0.2) is 22.7 Å². The Bertz CT molecular complexity index is 393. The maximum Gasteiger partial charge on any atom is 0.128 e. The van der Waals surface area contributed by atoms with Gasteiger partial charge in [0, 0.05) is 29.3 Å². The predicted octanol–water partition coefficient (Wildman–Crippen LogP) is 3.67. The van der Waals surface area contributed by atoms with E-state index in [9.17, 15) is 4.39 Å². The molecular weight excluding hydrogens is 297 g/mol. The van der Waals surface area contributed by atoms with E-state index in [1.165, 1.54) is 6.07 Å². The van der Waals surface area contributed by atoms with Crippen molar-refractivity contribution in [3.63, 3.8) is 0 Å². The van der Waals surface area contributed by atoms with Crippen LogP contribution in [0.3, 0.4) is 0 Å². The van der Waals surface area contributed by atoms with Gasteiger partial charge in [0.2, 0.25) is 0 Å². The molecule has 2 nitrogen and oxygen atoms in total. The van der Waals surface area contributed by atoms with Crippen molar-refractivity contribution < 1.29 is 9.13 Å². The summed E-state index contributed by atoms with van der Waals surface area (Å²) in [6.45, 7) is 4.64. The highest BCUT2D eigenvalue weighted by Crippen LogP contribution is 2.22. The Kier molecular flexibility index (Phi) is 5.15. The van der Waals surface area contributed by atoms with Crippen molar-refractivity contribution in [2.75, 3.05) is 19.8 Å². The number of ether oxygens (including phenoxy) is 1. The van der Waals surface area contributed by atoms with E-state index in [1.807, 2.05) is 13.0 Å². The molecule has 18 heavy (non-hydrogen) atoms. The lowest BCUT2D eigenvalue weighted by atomic mass is 9.99. The van der Waals surface area contributed by atoms with Crippen LogP contribution in [0.4, 0.5) is 4.39 Å². The van der Waals surface area contributed by atoms with Crippen molar-refractivity contribution in [2.45, 2.75) is 25.8 Å². The monoisotopic (exact) mass is 315 g/mol. The molecule has 1 aliphatic heterocycles. The molecule has 1 N–H and O–H groups in total. The molecule has 1 aliphatic rings. The molecule has 1 aromatic carbocycles. The Morgan fingerprint density at radius 1 is 1.44 bits per heavy atom. The Morgan fingerprint density at radius 3 is 2.89 bits per heavy atom. The molecule has 0 saturated carbocycles. The van der Waals surface area contributed by atoms with Crippen LogP contribution in [0, 0.1) is 11.7 Å². The fraction of sp³-hybridized carbons (Fsp3) is 0.571. The number of hydrogen-bond donors (Lipinski definition) is 1. The lowest BCUT2D eigenvalue weighted by Crippen LogP contribution is -2.29. The number of halogens is 2. The standard InChI is InChI=1S/C14H19BrFNO/c1-10(13-8-12(15)2-3-14(13)16)17-9-11-4-6-18-7-5-11/h2-3,8,10-11,17H,4-7,9H2,1H3. The molecule has 0 aliphatic carbocycles. The van der Waals surface area contributed by atoms with Gasteiger partial charge in [-0.05, 0) is 50.4 Å². The quantitative estimate of drug-likeness (QED) is 0.915. The zero-order valence-corrected chi connectivity index (χ0v) is 12.2. The molecule has 1 saturated heterocycles. The second kappa shape index (κ2) is 6.64. The molecule has 0 aromatic heterocycles. The van der Waals surface area contributed by atoms with Crippen molar-refractivity contribution >= 4 is 15.9 Å². The average molecular weight is 316 g/mol. The zero-order valence-electron chi connectivity index (χ0n) is 10.6. The SMILES string of the molecule is CC(NCC1CCOCC1)c1cc(Br)ccc1F. The summed E-state index contributed by atoms with van der Waals surface area (Å²) in [4.78, 5) is 0. The molecular formula is C14H19BrFNO. The number of rotatable bonds is 4. The van der Waals surface area contributed by atoms with Gasteiger partial charge in [0.15, 0.2) is 0 Å². The molecule has 1 unspecified atom stereocenters. The van der Waals surface area contributed by atoms with E-state index < -0.39 is 0 Å². The fourth-order valence-electron chi connectivity index (χ4n) is 2.25. The molecule has 1 heterocycles.